The van der Waals surface area contributed by atoms with Gasteiger partial charge in [0, 0.05) is 18.1 Å². The molecule has 246 valence electrons. The fraction of sp³-hybridized carbons (Fsp3) is 0.273. The molecule has 7 rings (SSSR count). The molecule has 11 nitrogen and oxygen atoms in total. The fourth-order valence-corrected chi connectivity index (χ4v) is 8.84. The summed E-state index contributed by atoms with van der Waals surface area (Å²) in [5.74, 6) is -8.26. The van der Waals surface area contributed by atoms with Crippen molar-refractivity contribution in [2.45, 2.75) is 28.5 Å². The lowest BCUT2D eigenvalue weighted by Gasteiger charge is -2.50. The number of aromatic hydroxyl groups is 1. The summed E-state index contributed by atoms with van der Waals surface area (Å²) in [7, 11) is 1.29. The molecule has 4 aliphatic rings. The minimum Gasteiger partial charge on any atom is -0.503 e. The third kappa shape index (κ3) is 4.25. The van der Waals surface area contributed by atoms with E-state index in [0.29, 0.717) is 5.57 Å². The van der Waals surface area contributed by atoms with Gasteiger partial charge in [0.15, 0.2) is 21.2 Å². The number of nitro groups is 1. The van der Waals surface area contributed by atoms with Crippen LogP contribution in [0.3, 0.4) is 0 Å². The van der Waals surface area contributed by atoms with Crippen LogP contribution >= 0.6 is 34.8 Å². The summed E-state index contributed by atoms with van der Waals surface area (Å²) >= 11 is 21.1. The second kappa shape index (κ2) is 11.0. The van der Waals surface area contributed by atoms with Crippen molar-refractivity contribution in [3.8, 4) is 11.5 Å². The second-order valence-corrected chi connectivity index (χ2v) is 13.7. The van der Waals surface area contributed by atoms with Crippen LogP contribution in [0.15, 0.2) is 72.3 Å². The van der Waals surface area contributed by atoms with Crippen LogP contribution in [0.25, 0.3) is 0 Å². The summed E-state index contributed by atoms with van der Waals surface area (Å²) in [6.45, 7) is 0. The summed E-state index contributed by atoms with van der Waals surface area (Å²) in [6.07, 6.45) is 1.40. The molecular formula is C33H23Cl3FN3O8. The SMILES string of the molecule is COc1cc([C@H]2C3=CC[C@@H]4C(=O)N(c5cccc([N+](=O)[O-])c5)C(=O)[C@@H]4[C@@H]3C[C@@]3(Cl)C(=O)N(c4ccc(F)cc4)C(=O)[C@@]23Cl)cc(Cl)c1O. The standard InChI is InChI=1S/C33H23Cl3FN3O8/c1-48-24-12-15(11-23(34)27(24)41)26-20-9-10-21-25(29(43)38(28(21)42)18-3-2-4-19(13-18)40(46)47)22(20)14-32(35)30(44)39(31(45)33(26,32)36)17-7-5-16(37)6-8-17/h2-9,11-13,21-22,25-26,41H,10,14H2,1H3/t21-,22+,25-,26-,32+,33-/m0/s1. The Balaban J connectivity index is 1.41. The zero-order valence-corrected chi connectivity index (χ0v) is 27.0. The molecule has 2 aliphatic carbocycles. The number of alkyl halides is 2. The highest BCUT2D eigenvalue weighted by molar-refractivity contribution is 6.58. The van der Waals surface area contributed by atoms with Crippen LogP contribution in [0.5, 0.6) is 11.5 Å². The van der Waals surface area contributed by atoms with E-state index in [-0.39, 0.29) is 52.0 Å². The van der Waals surface area contributed by atoms with Crippen LogP contribution < -0.4 is 14.5 Å². The Morgan fingerprint density at radius 1 is 0.958 bits per heavy atom. The summed E-state index contributed by atoms with van der Waals surface area (Å²) in [4.78, 5) is 64.9. The number of fused-ring (bicyclic) bond motifs is 4. The highest BCUT2D eigenvalue weighted by Gasteiger charge is 2.76. The molecular weight excluding hydrogens is 692 g/mol. The van der Waals surface area contributed by atoms with Crippen molar-refractivity contribution in [3.05, 3.63) is 98.8 Å². The van der Waals surface area contributed by atoms with Gasteiger partial charge < -0.3 is 9.84 Å². The van der Waals surface area contributed by atoms with E-state index < -0.39 is 67.8 Å². The molecule has 0 unspecified atom stereocenters. The van der Waals surface area contributed by atoms with Gasteiger partial charge in [-0.05, 0) is 66.8 Å². The van der Waals surface area contributed by atoms with Crippen LogP contribution in [0.4, 0.5) is 21.5 Å². The number of carbonyl (C=O) groups excluding carboxylic acids is 4. The highest BCUT2D eigenvalue weighted by Crippen LogP contribution is 2.66. The summed E-state index contributed by atoms with van der Waals surface area (Å²) < 4.78 is 19.2. The average Bonchev–Trinajstić information content (AvgIpc) is 3.40. The fourth-order valence-electron chi connectivity index (χ4n) is 7.69. The number of amides is 4. The number of nitro benzene ring substituents is 1. The van der Waals surface area contributed by atoms with E-state index in [1.54, 1.807) is 6.08 Å². The van der Waals surface area contributed by atoms with Crippen LogP contribution in [-0.2, 0) is 19.2 Å². The molecule has 2 aliphatic heterocycles. The molecule has 3 aromatic rings. The number of non-ortho nitro benzene ring substituents is 1. The van der Waals surface area contributed by atoms with E-state index in [0.717, 1.165) is 28.0 Å². The number of allylic oxidation sites excluding steroid dienone is 2. The lowest BCUT2D eigenvalue weighted by atomic mass is 9.56. The molecule has 2 heterocycles. The minimum atomic E-state index is -2.23. The molecule has 0 aromatic heterocycles. The van der Waals surface area contributed by atoms with E-state index in [9.17, 15) is 38.8 Å². The van der Waals surface area contributed by atoms with E-state index in [2.05, 4.69) is 0 Å². The monoisotopic (exact) mass is 713 g/mol. The molecule has 2 saturated heterocycles. The van der Waals surface area contributed by atoms with Crippen molar-refractivity contribution in [2.75, 3.05) is 16.9 Å². The third-order valence-electron chi connectivity index (χ3n) is 9.80. The van der Waals surface area contributed by atoms with Gasteiger partial charge in [0.1, 0.15) is 5.82 Å². The van der Waals surface area contributed by atoms with Crippen molar-refractivity contribution in [1.82, 2.24) is 0 Å². The molecule has 0 radical (unpaired) electrons. The first-order valence-electron chi connectivity index (χ1n) is 14.7. The first-order chi connectivity index (χ1) is 22.7. The molecule has 0 spiro atoms. The first kappa shape index (κ1) is 32.0. The molecule has 15 heteroatoms. The number of anilines is 2. The Bertz CT molecular complexity index is 2010. The number of hydrogen-bond donors (Lipinski definition) is 1. The summed E-state index contributed by atoms with van der Waals surface area (Å²) in [5, 5.41) is 21.8. The maximum atomic E-state index is 14.5. The van der Waals surface area contributed by atoms with Crippen molar-refractivity contribution in [2.24, 2.45) is 17.8 Å². The molecule has 1 N–H and O–H groups in total. The smallest absolute Gasteiger partial charge is 0.271 e. The Kier molecular flexibility index (Phi) is 7.35. The number of nitrogens with zero attached hydrogens (tertiary/aromatic N) is 3. The minimum absolute atomic E-state index is 0.0134. The number of ether oxygens (including phenoxy) is 1. The predicted molar refractivity (Wildman–Crippen MR) is 172 cm³/mol. The van der Waals surface area contributed by atoms with E-state index in [4.69, 9.17) is 39.5 Å². The quantitative estimate of drug-likeness (QED) is 0.114. The van der Waals surface area contributed by atoms with Crippen molar-refractivity contribution in [3.63, 3.8) is 0 Å². The zero-order chi connectivity index (χ0) is 34.4. The van der Waals surface area contributed by atoms with Crippen molar-refractivity contribution < 1.29 is 38.3 Å². The number of imide groups is 2. The predicted octanol–water partition coefficient (Wildman–Crippen LogP) is 5.87. The molecule has 1 saturated carbocycles. The van der Waals surface area contributed by atoms with Crippen LogP contribution in [-0.4, -0.2) is 50.5 Å². The lowest BCUT2D eigenvalue weighted by Crippen LogP contribution is -2.60. The van der Waals surface area contributed by atoms with Gasteiger partial charge in [-0.2, -0.15) is 0 Å². The van der Waals surface area contributed by atoms with Gasteiger partial charge in [0.05, 0.1) is 40.3 Å². The Morgan fingerprint density at radius 2 is 1.67 bits per heavy atom. The number of benzene rings is 3. The van der Waals surface area contributed by atoms with Gasteiger partial charge in [-0.1, -0.05) is 29.3 Å². The van der Waals surface area contributed by atoms with Gasteiger partial charge in [0.25, 0.3) is 17.5 Å². The average molecular weight is 715 g/mol. The van der Waals surface area contributed by atoms with Crippen molar-refractivity contribution in [1.29, 1.82) is 0 Å². The molecule has 4 amide bonds. The van der Waals surface area contributed by atoms with Gasteiger partial charge in [-0.3, -0.25) is 29.3 Å². The maximum Gasteiger partial charge on any atom is 0.271 e. The first-order valence-corrected chi connectivity index (χ1v) is 15.8. The zero-order valence-electron chi connectivity index (χ0n) is 24.7. The summed E-state index contributed by atoms with van der Waals surface area (Å²) in [6, 6.07) is 12.5. The van der Waals surface area contributed by atoms with Gasteiger partial charge >= 0.3 is 0 Å². The van der Waals surface area contributed by atoms with Gasteiger partial charge in [-0.15, -0.1) is 23.2 Å². The van der Waals surface area contributed by atoms with E-state index in [1.165, 1.54) is 49.6 Å². The van der Waals surface area contributed by atoms with E-state index in [1.807, 2.05) is 0 Å². The number of halogens is 4. The number of phenolic OH excluding ortho intramolecular Hbond substituents is 1. The van der Waals surface area contributed by atoms with Gasteiger partial charge in [0.2, 0.25) is 11.8 Å². The number of rotatable bonds is 5. The Labute approximate surface area is 286 Å². The van der Waals surface area contributed by atoms with E-state index >= 15 is 0 Å². The molecule has 0 bridgehead atoms. The number of phenols is 1. The maximum absolute atomic E-state index is 14.5. The normalized spacial score (nSPS) is 29.4. The molecule has 48 heavy (non-hydrogen) atoms. The molecule has 3 aromatic carbocycles. The second-order valence-electron chi connectivity index (χ2n) is 12.1. The van der Waals surface area contributed by atoms with Crippen LogP contribution in [0.2, 0.25) is 5.02 Å². The molecule has 6 atom stereocenters. The molecule has 3 fully saturated rings. The third-order valence-corrected chi connectivity index (χ3v) is 11.5. The largest absolute Gasteiger partial charge is 0.503 e. The number of carbonyl (C=O) groups is 4. The summed E-state index contributed by atoms with van der Waals surface area (Å²) in [5.41, 5.74) is 0.383. The highest BCUT2D eigenvalue weighted by atomic mass is 35.5. The van der Waals surface area contributed by atoms with Crippen LogP contribution in [0.1, 0.15) is 24.3 Å². The topological polar surface area (TPSA) is 147 Å². The Morgan fingerprint density at radius 3 is 2.33 bits per heavy atom. The number of methoxy groups -OCH3 is 1. The lowest BCUT2D eigenvalue weighted by molar-refractivity contribution is -0.384. The Hall–Kier alpha value is -4.52. The van der Waals surface area contributed by atoms with Gasteiger partial charge in [-0.25, -0.2) is 14.2 Å². The van der Waals surface area contributed by atoms with Crippen molar-refractivity contribution >= 4 is 75.5 Å². The van der Waals surface area contributed by atoms with Crippen LogP contribution in [0, 0.1) is 33.7 Å². The number of hydrogen-bond acceptors (Lipinski definition) is 8.